The molecule has 25 heavy (non-hydrogen) atoms. The fourth-order valence-electron chi connectivity index (χ4n) is 3.02. The minimum absolute atomic E-state index is 0.410. The summed E-state index contributed by atoms with van der Waals surface area (Å²) in [7, 11) is 0. The van der Waals surface area contributed by atoms with Crippen LogP contribution in [0.1, 0.15) is 39.5 Å². The van der Waals surface area contributed by atoms with Gasteiger partial charge in [-0.15, -0.1) is 0 Å². The first kappa shape index (κ1) is 18.5. The maximum absolute atomic E-state index is 5.91. The number of hydrogen-bond acceptors (Lipinski definition) is 6. The summed E-state index contributed by atoms with van der Waals surface area (Å²) in [6.45, 7) is 5.51. The van der Waals surface area contributed by atoms with Gasteiger partial charge in [0.1, 0.15) is 0 Å². The number of benzene rings is 1. The second-order valence-corrected chi connectivity index (χ2v) is 8.71. The Morgan fingerprint density at radius 1 is 1.20 bits per heavy atom. The van der Waals surface area contributed by atoms with Crippen LogP contribution in [0.4, 0.5) is 6.01 Å². The molecule has 1 aliphatic rings. The Kier molecular flexibility index (Phi) is 6.62. The Morgan fingerprint density at radius 2 is 1.92 bits per heavy atom. The van der Waals surface area contributed by atoms with E-state index in [0.717, 1.165) is 30.9 Å². The molecule has 0 saturated heterocycles. The van der Waals surface area contributed by atoms with Crippen molar-refractivity contribution in [3.8, 4) is 11.4 Å². The van der Waals surface area contributed by atoms with Crippen LogP contribution in [0.3, 0.4) is 0 Å². The molecule has 0 spiro atoms. The lowest BCUT2D eigenvalue weighted by molar-refractivity contribution is 0.332. The highest BCUT2D eigenvalue weighted by molar-refractivity contribution is 7.97. The molecule has 0 radical (unpaired) electrons. The first-order valence-electron chi connectivity index (χ1n) is 8.85. The minimum atomic E-state index is 0.410. The molecule has 0 aliphatic heterocycles. The van der Waals surface area contributed by atoms with Crippen LogP contribution in [0.25, 0.3) is 11.4 Å². The van der Waals surface area contributed by atoms with Crippen LogP contribution < -0.4 is 10.0 Å². The summed E-state index contributed by atoms with van der Waals surface area (Å²) in [5, 5.41) is 8.76. The van der Waals surface area contributed by atoms with Gasteiger partial charge in [-0.3, -0.25) is 4.72 Å². The quantitative estimate of drug-likeness (QED) is 0.658. The molecule has 0 bridgehead atoms. The second kappa shape index (κ2) is 8.92. The summed E-state index contributed by atoms with van der Waals surface area (Å²) in [4.78, 5) is 4.44. The number of rotatable bonds is 7. The van der Waals surface area contributed by atoms with Crippen molar-refractivity contribution in [3.63, 3.8) is 0 Å². The van der Waals surface area contributed by atoms with Crippen LogP contribution in [0, 0.1) is 5.92 Å². The van der Waals surface area contributed by atoms with Crippen LogP contribution in [0.2, 0.25) is 5.02 Å². The monoisotopic (exact) mass is 380 g/mol. The molecule has 5 nitrogen and oxygen atoms in total. The zero-order valence-electron chi connectivity index (χ0n) is 14.7. The Labute approximate surface area is 158 Å². The number of nitrogens with zero attached hydrogens (tertiary/aromatic N) is 2. The van der Waals surface area contributed by atoms with E-state index < -0.39 is 0 Å². The maximum Gasteiger partial charge on any atom is 0.322 e. The van der Waals surface area contributed by atoms with Crippen molar-refractivity contribution in [1.29, 1.82) is 0 Å². The summed E-state index contributed by atoms with van der Waals surface area (Å²) >= 11 is 7.73. The molecule has 1 aliphatic carbocycles. The molecule has 0 amide bonds. The van der Waals surface area contributed by atoms with Gasteiger partial charge in [0.25, 0.3) is 0 Å². The van der Waals surface area contributed by atoms with Gasteiger partial charge in [0.2, 0.25) is 5.82 Å². The Morgan fingerprint density at radius 3 is 2.60 bits per heavy atom. The topological polar surface area (TPSA) is 63.0 Å². The third kappa shape index (κ3) is 5.62. The number of halogens is 1. The van der Waals surface area contributed by atoms with E-state index in [4.69, 9.17) is 16.1 Å². The molecule has 1 fully saturated rings. The van der Waals surface area contributed by atoms with E-state index in [-0.39, 0.29) is 0 Å². The Bertz CT molecular complexity index is 653. The maximum atomic E-state index is 5.91. The van der Waals surface area contributed by atoms with Crippen LogP contribution >= 0.6 is 23.5 Å². The van der Waals surface area contributed by atoms with E-state index in [9.17, 15) is 0 Å². The van der Waals surface area contributed by atoms with E-state index >= 15 is 0 Å². The zero-order chi connectivity index (χ0) is 17.6. The summed E-state index contributed by atoms with van der Waals surface area (Å²) in [5.41, 5.74) is 0.902. The SMILES string of the molecule is CC(C)SNC[C@H]1CC[C@H](Nc2nc(-c3ccc(Cl)cc3)no2)CC1. The van der Waals surface area contributed by atoms with Crippen molar-refractivity contribution in [2.45, 2.75) is 50.8 Å². The van der Waals surface area contributed by atoms with E-state index in [1.807, 2.05) is 36.2 Å². The predicted molar refractivity (Wildman–Crippen MR) is 105 cm³/mol. The summed E-state index contributed by atoms with van der Waals surface area (Å²) in [6, 6.07) is 8.35. The van der Waals surface area contributed by atoms with E-state index in [1.165, 1.54) is 12.8 Å². The van der Waals surface area contributed by atoms with Crippen molar-refractivity contribution in [2.75, 3.05) is 11.9 Å². The Balaban J connectivity index is 1.46. The van der Waals surface area contributed by atoms with E-state index in [2.05, 4.69) is 34.0 Å². The highest BCUT2D eigenvalue weighted by atomic mass is 35.5. The van der Waals surface area contributed by atoms with Crippen molar-refractivity contribution >= 4 is 29.6 Å². The standard InChI is InChI=1S/C18H25ClN4OS/c1-12(2)25-20-11-13-3-9-16(10-4-13)21-18-22-17(23-24-18)14-5-7-15(19)8-6-14/h5-8,12-13,16,20H,3-4,9-11H2,1-2H3,(H,21,22,23)/t13-,16-. The van der Waals surface area contributed by atoms with E-state index in [0.29, 0.717) is 28.2 Å². The van der Waals surface area contributed by atoms with Gasteiger partial charge in [-0.05, 0) is 55.9 Å². The summed E-state index contributed by atoms with van der Waals surface area (Å²) < 4.78 is 8.84. The van der Waals surface area contributed by atoms with Crippen molar-refractivity contribution in [3.05, 3.63) is 29.3 Å². The highest BCUT2D eigenvalue weighted by Crippen LogP contribution is 2.27. The number of aromatic nitrogens is 2. The average Bonchev–Trinajstić information content (AvgIpc) is 3.05. The molecule has 0 atom stereocenters. The molecular weight excluding hydrogens is 356 g/mol. The molecule has 0 unspecified atom stereocenters. The lowest BCUT2D eigenvalue weighted by Gasteiger charge is -2.28. The van der Waals surface area contributed by atoms with Gasteiger partial charge in [0.15, 0.2) is 0 Å². The fourth-order valence-corrected chi connectivity index (χ4v) is 3.81. The van der Waals surface area contributed by atoms with Gasteiger partial charge in [-0.1, -0.05) is 42.6 Å². The molecule has 1 heterocycles. The first-order chi connectivity index (χ1) is 12.1. The zero-order valence-corrected chi connectivity index (χ0v) is 16.2. The van der Waals surface area contributed by atoms with Gasteiger partial charge in [0.05, 0.1) is 0 Å². The van der Waals surface area contributed by atoms with Crippen molar-refractivity contribution in [2.24, 2.45) is 5.92 Å². The molecule has 3 rings (SSSR count). The van der Waals surface area contributed by atoms with Crippen LogP contribution in [0.5, 0.6) is 0 Å². The van der Waals surface area contributed by atoms with Gasteiger partial charge >= 0.3 is 6.01 Å². The molecule has 2 N–H and O–H groups in total. The second-order valence-electron chi connectivity index (χ2n) is 6.81. The van der Waals surface area contributed by atoms with Crippen LogP contribution in [-0.4, -0.2) is 28.0 Å². The molecular formula is C18H25ClN4OS. The van der Waals surface area contributed by atoms with Crippen LogP contribution in [0.15, 0.2) is 28.8 Å². The smallest absolute Gasteiger partial charge is 0.322 e. The van der Waals surface area contributed by atoms with Crippen molar-refractivity contribution < 1.29 is 4.52 Å². The van der Waals surface area contributed by atoms with E-state index in [1.54, 1.807) is 0 Å². The highest BCUT2D eigenvalue weighted by Gasteiger charge is 2.22. The number of hydrogen-bond donors (Lipinski definition) is 2. The molecule has 1 aromatic heterocycles. The summed E-state index contributed by atoms with van der Waals surface area (Å²) in [6.07, 6.45) is 4.72. The fraction of sp³-hybridized carbons (Fsp3) is 0.556. The molecule has 1 aromatic carbocycles. The van der Waals surface area contributed by atoms with Gasteiger partial charge in [-0.25, -0.2) is 0 Å². The first-order valence-corrected chi connectivity index (χ1v) is 10.1. The third-order valence-corrected chi connectivity index (χ3v) is 5.45. The average molecular weight is 381 g/mol. The largest absolute Gasteiger partial charge is 0.335 e. The predicted octanol–water partition coefficient (Wildman–Crippen LogP) is 5.01. The molecule has 136 valence electrons. The molecule has 7 heteroatoms. The Hall–Kier alpha value is -1.24. The summed E-state index contributed by atoms with van der Waals surface area (Å²) in [5.74, 6) is 1.35. The van der Waals surface area contributed by atoms with Crippen LogP contribution in [-0.2, 0) is 0 Å². The lowest BCUT2D eigenvalue weighted by atomic mass is 9.86. The minimum Gasteiger partial charge on any atom is -0.335 e. The third-order valence-electron chi connectivity index (χ3n) is 4.39. The number of nitrogens with one attached hydrogen (secondary N) is 2. The lowest BCUT2D eigenvalue weighted by Crippen LogP contribution is -2.30. The van der Waals surface area contributed by atoms with Crippen molar-refractivity contribution in [1.82, 2.24) is 14.9 Å². The van der Waals surface area contributed by atoms with Gasteiger partial charge in [0, 0.05) is 28.4 Å². The van der Waals surface area contributed by atoms with Gasteiger partial charge < -0.3 is 9.84 Å². The normalized spacial score (nSPS) is 20.8. The molecule has 1 saturated carbocycles. The molecule has 2 aromatic rings. The number of anilines is 1. The van der Waals surface area contributed by atoms with Gasteiger partial charge in [-0.2, -0.15) is 4.98 Å².